The third-order valence-electron chi connectivity index (χ3n) is 2.84. The Kier molecular flexibility index (Phi) is 4.18. The minimum atomic E-state index is -1.09. The van der Waals surface area contributed by atoms with Gasteiger partial charge in [-0.1, -0.05) is 20.8 Å². The summed E-state index contributed by atoms with van der Waals surface area (Å²) in [6, 6.07) is 7.21. The summed E-state index contributed by atoms with van der Waals surface area (Å²) in [6.45, 7) is 6.64. The number of ether oxygens (including phenoxy) is 1. The quantitative estimate of drug-likeness (QED) is 0.937. The number of carboxylic acids is 1. The van der Waals surface area contributed by atoms with E-state index in [0.29, 0.717) is 23.6 Å². The molecule has 6 nitrogen and oxygen atoms in total. The first kappa shape index (κ1) is 15.6. The lowest BCUT2D eigenvalue weighted by Crippen LogP contribution is -2.17. The molecule has 0 unspecified atom stereocenters. The van der Waals surface area contributed by atoms with E-state index in [4.69, 9.17) is 9.84 Å². The van der Waals surface area contributed by atoms with Crippen molar-refractivity contribution in [3.8, 4) is 17.5 Å². The van der Waals surface area contributed by atoms with Crippen LogP contribution in [0.3, 0.4) is 0 Å². The molecule has 1 heterocycles. The molecule has 2 aromatic rings. The summed E-state index contributed by atoms with van der Waals surface area (Å²) in [5.41, 5.74) is 0.991. The summed E-state index contributed by atoms with van der Waals surface area (Å²) in [4.78, 5) is 14.6. The highest BCUT2D eigenvalue weighted by atomic mass is 16.5. The summed E-state index contributed by atoms with van der Waals surface area (Å²) >= 11 is 0. The Bertz CT molecular complexity index is 736. The standard InChI is InChI=1S/C16H17N3O3/c1-16(2,3)9-22-14-5-4-12(6-11(14)7-17)19-8-13(15(20)21)18-10-19/h4-6,8,10H,9H2,1-3H3,(H,20,21). The van der Waals surface area contributed by atoms with Gasteiger partial charge in [0.2, 0.25) is 0 Å². The molecule has 6 heteroatoms. The van der Waals surface area contributed by atoms with Crippen LogP contribution in [0.2, 0.25) is 0 Å². The third kappa shape index (κ3) is 3.64. The van der Waals surface area contributed by atoms with Crippen molar-refractivity contribution in [2.24, 2.45) is 5.41 Å². The van der Waals surface area contributed by atoms with Crippen molar-refractivity contribution in [2.75, 3.05) is 6.61 Å². The Morgan fingerprint density at radius 2 is 2.18 bits per heavy atom. The zero-order chi connectivity index (χ0) is 16.3. The van der Waals surface area contributed by atoms with E-state index >= 15 is 0 Å². The van der Waals surface area contributed by atoms with Gasteiger partial charge in [0, 0.05) is 11.9 Å². The van der Waals surface area contributed by atoms with Crippen molar-refractivity contribution in [3.05, 3.63) is 42.0 Å². The van der Waals surface area contributed by atoms with Gasteiger partial charge < -0.3 is 14.4 Å². The molecule has 1 N–H and O–H groups in total. The van der Waals surface area contributed by atoms with E-state index in [1.807, 2.05) is 20.8 Å². The van der Waals surface area contributed by atoms with Gasteiger partial charge in [-0.25, -0.2) is 9.78 Å². The first-order chi connectivity index (χ1) is 10.3. The molecule has 0 fully saturated rings. The van der Waals surface area contributed by atoms with Gasteiger partial charge in [0.1, 0.15) is 18.1 Å². The third-order valence-corrected chi connectivity index (χ3v) is 2.84. The molecule has 0 bridgehead atoms. The highest BCUT2D eigenvalue weighted by Gasteiger charge is 2.14. The number of aromatic nitrogens is 2. The van der Waals surface area contributed by atoms with Gasteiger partial charge in [0.15, 0.2) is 5.69 Å². The highest BCUT2D eigenvalue weighted by Crippen LogP contribution is 2.24. The smallest absolute Gasteiger partial charge is 0.356 e. The fraction of sp³-hybridized carbons (Fsp3) is 0.312. The minimum Gasteiger partial charge on any atom is -0.492 e. The number of carboxylic acid groups (broad SMARTS) is 1. The van der Waals surface area contributed by atoms with Gasteiger partial charge >= 0.3 is 5.97 Å². The van der Waals surface area contributed by atoms with Gasteiger partial charge in [0.05, 0.1) is 12.2 Å². The zero-order valence-electron chi connectivity index (χ0n) is 12.7. The molecule has 114 valence electrons. The lowest BCUT2D eigenvalue weighted by atomic mass is 9.98. The molecule has 0 saturated carbocycles. The van der Waals surface area contributed by atoms with Crippen molar-refractivity contribution in [3.63, 3.8) is 0 Å². The molecule has 0 atom stereocenters. The van der Waals surface area contributed by atoms with E-state index in [2.05, 4.69) is 11.1 Å². The van der Waals surface area contributed by atoms with E-state index in [1.54, 1.807) is 22.8 Å². The first-order valence-electron chi connectivity index (χ1n) is 6.75. The highest BCUT2D eigenvalue weighted by molar-refractivity contribution is 5.85. The van der Waals surface area contributed by atoms with Crippen LogP contribution in [-0.4, -0.2) is 27.2 Å². The lowest BCUT2D eigenvalue weighted by Gasteiger charge is -2.19. The molecule has 0 amide bonds. The minimum absolute atomic E-state index is 0.00780. The van der Waals surface area contributed by atoms with E-state index in [-0.39, 0.29) is 11.1 Å². The van der Waals surface area contributed by atoms with E-state index < -0.39 is 5.97 Å². The number of benzene rings is 1. The maximum absolute atomic E-state index is 10.9. The SMILES string of the molecule is CC(C)(C)COc1ccc(-n2cnc(C(=O)O)c2)cc1C#N. The number of imidazole rings is 1. The van der Waals surface area contributed by atoms with Crippen molar-refractivity contribution >= 4 is 5.97 Å². The number of hydrogen-bond donors (Lipinski definition) is 1. The monoisotopic (exact) mass is 299 g/mol. The molecule has 1 aromatic carbocycles. The van der Waals surface area contributed by atoms with Crippen LogP contribution in [0, 0.1) is 16.7 Å². The Morgan fingerprint density at radius 1 is 1.45 bits per heavy atom. The largest absolute Gasteiger partial charge is 0.492 e. The van der Waals surface area contributed by atoms with Crippen LogP contribution in [-0.2, 0) is 0 Å². The van der Waals surface area contributed by atoms with Crippen LogP contribution in [0.25, 0.3) is 5.69 Å². The Labute approximate surface area is 128 Å². The van der Waals surface area contributed by atoms with Crippen LogP contribution in [0.4, 0.5) is 0 Å². The van der Waals surface area contributed by atoms with Gasteiger partial charge in [-0.3, -0.25) is 0 Å². The molecular formula is C16H17N3O3. The van der Waals surface area contributed by atoms with Crippen molar-refractivity contribution in [1.29, 1.82) is 5.26 Å². The fourth-order valence-corrected chi connectivity index (χ4v) is 1.76. The molecule has 0 radical (unpaired) electrons. The summed E-state index contributed by atoms with van der Waals surface area (Å²) in [7, 11) is 0. The predicted octanol–water partition coefficient (Wildman–Crippen LogP) is 2.87. The Balaban J connectivity index is 2.28. The zero-order valence-corrected chi connectivity index (χ0v) is 12.7. The molecule has 0 spiro atoms. The van der Waals surface area contributed by atoms with E-state index in [1.165, 1.54) is 12.5 Å². The van der Waals surface area contributed by atoms with Crippen molar-refractivity contribution in [2.45, 2.75) is 20.8 Å². The topological polar surface area (TPSA) is 88.1 Å². The van der Waals surface area contributed by atoms with Crippen LogP contribution in [0.1, 0.15) is 36.8 Å². The summed E-state index contributed by atoms with van der Waals surface area (Å²) in [5, 5.41) is 18.2. The van der Waals surface area contributed by atoms with Crippen LogP contribution in [0.15, 0.2) is 30.7 Å². The lowest BCUT2D eigenvalue weighted by molar-refractivity contribution is 0.0691. The number of aromatic carboxylic acids is 1. The average molecular weight is 299 g/mol. The molecule has 1 aromatic heterocycles. The second-order valence-corrected chi connectivity index (χ2v) is 6.11. The Morgan fingerprint density at radius 3 is 2.73 bits per heavy atom. The van der Waals surface area contributed by atoms with Crippen molar-refractivity contribution in [1.82, 2.24) is 9.55 Å². The number of nitriles is 1. The van der Waals surface area contributed by atoms with E-state index in [9.17, 15) is 10.1 Å². The molecule has 2 rings (SSSR count). The fourth-order valence-electron chi connectivity index (χ4n) is 1.76. The molecule has 0 aliphatic rings. The molecule has 0 aliphatic heterocycles. The second kappa shape index (κ2) is 5.90. The second-order valence-electron chi connectivity index (χ2n) is 6.11. The van der Waals surface area contributed by atoms with Gasteiger partial charge in [-0.15, -0.1) is 0 Å². The van der Waals surface area contributed by atoms with Crippen LogP contribution < -0.4 is 4.74 Å². The molecule has 0 aliphatic carbocycles. The van der Waals surface area contributed by atoms with E-state index in [0.717, 1.165) is 0 Å². The molecular weight excluding hydrogens is 282 g/mol. The number of nitrogens with zero attached hydrogens (tertiary/aromatic N) is 3. The maximum Gasteiger partial charge on any atom is 0.356 e. The molecule has 0 saturated heterocycles. The Hall–Kier alpha value is -2.81. The first-order valence-corrected chi connectivity index (χ1v) is 6.75. The number of hydrogen-bond acceptors (Lipinski definition) is 4. The van der Waals surface area contributed by atoms with Crippen LogP contribution >= 0.6 is 0 Å². The van der Waals surface area contributed by atoms with Gasteiger partial charge in [0.25, 0.3) is 0 Å². The van der Waals surface area contributed by atoms with Gasteiger partial charge in [-0.2, -0.15) is 5.26 Å². The summed E-state index contributed by atoms with van der Waals surface area (Å²) < 4.78 is 7.24. The van der Waals surface area contributed by atoms with Crippen LogP contribution in [0.5, 0.6) is 5.75 Å². The summed E-state index contributed by atoms with van der Waals surface area (Å²) in [6.07, 6.45) is 2.80. The van der Waals surface area contributed by atoms with Crippen molar-refractivity contribution < 1.29 is 14.6 Å². The summed E-state index contributed by atoms with van der Waals surface area (Å²) in [5.74, 6) is -0.580. The average Bonchev–Trinajstić information content (AvgIpc) is 2.94. The normalized spacial score (nSPS) is 11.0. The number of rotatable bonds is 4. The maximum atomic E-state index is 10.9. The predicted molar refractivity (Wildman–Crippen MR) is 80.2 cm³/mol. The number of carbonyl (C=O) groups is 1. The van der Waals surface area contributed by atoms with Gasteiger partial charge in [-0.05, 0) is 23.6 Å². The molecule has 22 heavy (non-hydrogen) atoms.